The van der Waals surface area contributed by atoms with Crippen LogP contribution < -0.4 is 5.32 Å². The molecule has 0 atom stereocenters. The van der Waals surface area contributed by atoms with Crippen molar-refractivity contribution in [2.75, 3.05) is 39.8 Å². The van der Waals surface area contributed by atoms with Crippen LogP contribution in [0, 0.1) is 5.92 Å². The number of nitrogens with zero attached hydrogens (tertiary/aromatic N) is 2. The van der Waals surface area contributed by atoms with Crippen LogP contribution in [0.2, 0.25) is 0 Å². The summed E-state index contributed by atoms with van der Waals surface area (Å²) in [7, 11) is -1.55. The lowest BCUT2D eigenvalue weighted by Gasteiger charge is -2.33. The van der Waals surface area contributed by atoms with E-state index in [2.05, 4.69) is 19.2 Å². The number of hydrogen-bond acceptors (Lipinski definition) is 3. The molecule has 5 nitrogen and oxygen atoms in total. The fourth-order valence-corrected chi connectivity index (χ4v) is 4.18. The summed E-state index contributed by atoms with van der Waals surface area (Å²) in [4.78, 5) is 0. The van der Waals surface area contributed by atoms with Crippen molar-refractivity contribution in [1.82, 2.24) is 13.9 Å². The molecule has 0 aromatic carbocycles. The molecule has 6 heteroatoms. The number of rotatable bonds is 9. The van der Waals surface area contributed by atoms with Gasteiger partial charge in [-0.25, -0.2) is 0 Å². The smallest absolute Gasteiger partial charge is 0.281 e. The van der Waals surface area contributed by atoms with Gasteiger partial charge in [0.25, 0.3) is 10.2 Å². The molecule has 20 heavy (non-hydrogen) atoms. The zero-order valence-corrected chi connectivity index (χ0v) is 14.1. The van der Waals surface area contributed by atoms with Gasteiger partial charge in [-0.1, -0.05) is 26.7 Å². The van der Waals surface area contributed by atoms with Gasteiger partial charge in [0, 0.05) is 26.7 Å². The molecule has 1 rings (SSSR count). The van der Waals surface area contributed by atoms with Crippen LogP contribution in [-0.4, -0.2) is 56.8 Å². The van der Waals surface area contributed by atoms with Gasteiger partial charge in [-0.2, -0.15) is 17.0 Å². The molecule has 0 amide bonds. The molecule has 1 fully saturated rings. The Morgan fingerprint density at radius 2 is 1.90 bits per heavy atom. The Morgan fingerprint density at radius 3 is 2.45 bits per heavy atom. The zero-order valence-electron chi connectivity index (χ0n) is 13.3. The van der Waals surface area contributed by atoms with Crippen LogP contribution in [0.1, 0.15) is 46.0 Å². The molecule has 0 radical (unpaired) electrons. The number of piperidine rings is 1. The molecule has 0 saturated carbocycles. The van der Waals surface area contributed by atoms with Crippen molar-refractivity contribution in [3.8, 4) is 0 Å². The number of hydrogen-bond donors (Lipinski definition) is 1. The Kier molecular flexibility index (Phi) is 8.02. The summed E-state index contributed by atoms with van der Waals surface area (Å²) in [5.41, 5.74) is 0. The molecular weight excluding hydrogens is 274 g/mol. The SMILES string of the molecule is CCCC1CCN(S(=O)(=O)N(C)CCCNCC)CC1. The van der Waals surface area contributed by atoms with Gasteiger partial charge < -0.3 is 5.32 Å². The summed E-state index contributed by atoms with van der Waals surface area (Å²) in [6.45, 7) is 8.01. The molecule has 1 aliphatic rings. The fraction of sp³-hybridized carbons (Fsp3) is 1.00. The van der Waals surface area contributed by atoms with Gasteiger partial charge in [0.2, 0.25) is 0 Å². The first kappa shape index (κ1) is 17.9. The van der Waals surface area contributed by atoms with Gasteiger partial charge in [-0.05, 0) is 38.3 Å². The minimum Gasteiger partial charge on any atom is -0.317 e. The van der Waals surface area contributed by atoms with Crippen LogP contribution in [-0.2, 0) is 10.2 Å². The monoisotopic (exact) mass is 305 g/mol. The molecule has 1 N–H and O–H groups in total. The van der Waals surface area contributed by atoms with E-state index in [4.69, 9.17) is 0 Å². The second-order valence-corrected chi connectivity index (χ2v) is 7.70. The maximum Gasteiger partial charge on any atom is 0.281 e. The average molecular weight is 305 g/mol. The van der Waals surface area contributed by atoms with Gasteiger partial charge in [-0.15, -0.1) is 0 Å². The summed E-state index contributed by atoms with van der Waals surface area (Å²) in [5, 5.41) is 3.22. The highest BCUT2D eigenvalue weighted by atomic mass is 32.2. The lowest BCUT2D eigenvalue weighted by Crippen LogP contribution is -2.46. The largest absolute Gasteiger partial charge is 0.317 e. The third-order valence-corrected chi connectivity index (χ3v) is 6.06. The second kappa shape index (κ2) is 8.97. The van der Waals surface area contributed by atoms with Crippen LogP contribution in [0.25, 0.3) is 0 Å². The van der Waals surface area contributed by atoms with E-state index >= 15 is 0 Å². The third-order valence-electron chi connectivity index (χ3n) is 4.07. The van der Waals surface area contributed by atoms with Gasteiger partial charge >= 0.3 is 0 Å². The first-order valence-electron chi connectivity index (χ1n) is 7.94. The molecule has 1 saturated heterocycles. The maximum absolute atomic E-state index is 12.4. The van der Waals surface area contributed by atoms with Crippen molar-refractivity contribution < 1.29 is 8.42 Å². The highest BCUT2D eigenvalue weighted by molar-refractivity contribution is 7.86. The van der Waals surface area contributed by atoms with E-state index in [0.717, 1.165) is 32.4 Å². The fourth-order valence-electron chi connectivity index (χ4n) is 2.75. The van der Waals surface area contributed by atoms with Crippen molar-refractivity contribution in [2.45, 2.75) is 46.0 Å². The van der Waals surface area contributed by atoms with Crippen LogP contribution in [0.3, 0.4) is 0 Å². The second-order valence-electron chi connectivity index (χ2n) is 5.67. The summed E-state index contributed by atoms with van der Waals surface area (Å²) < 4.78 is 28.1. The molecule has 1 heterocycles. The molecule has 1 aliphatic heterocycles. The van der Waals surface area contributed by atoms with E-state index in [0.29, 0.717) is 25.6 Å². The van der Waals surface area contributed by atoms with Crippen molar-refractivity contribution >= 4 is 10.2 Å². The zero-order chi connectivity index (χ0) is 15.0. The Morgan fingerprint density at radius 1 is 1.25 bits per heavy atom. The Bertz CT molecular complexity index is 351. The van der Waals surface area contributed by atoms with E-state index in [1.807, 2.05) is 0 Å². The molecule has 0 bridgehead atoms. The normalized spacial score (nSPS) is 18.8. The third kappa shape index (κ3) is 5.31. The molecule has 0 aromatic rings. The van der Waals surface area contributed by atoms with Crippen molar-refractivity contribution in [3.05, 3.63) is 0 Å². The van der Waals surface area contributed by atoms with E-state index in [1.165, 1.54) is 17.1 Å². The van der Waals surface area contributed by atoms with Gasteiger partial charge in [0.1, 0.15) is 0 Å². The Balaban J connectivity index is 2.40. The van der Waals surface area contributed by atoms with Gasteiger partial charge in [0.05, 0.1) is 0 Å². The highest BCUT2D eigenvalue weighted by Gasteiger charge is 2.30. The Hall–Kier alpha value is -0.170. The van der Waals surface area contributed by atoms with E-state index < -0.39 is 10.2 Å². The molecule has 0 aliphatic carbocycles. The quantitative estimate of drug-likeness (QED) is 0.659. The van der Waals surface area contributed by atoms with Gasteiger partial charge in [-0.3, -0.25) is 0 Å². The van der Waals surface area contributed by atoms with E-state index in [1.54, 1.807) is 11.4 Å². The van der Waals surface area contributed by atoms with Crippen LogP contribution in [0.4, 0.5) is 0 Å². The Labute approximate surface area is 124 Å². The van der Waals surface area contributed by atoms with E-state index in [-0.39, 0.29) is 0 Å². The summed E-state index contributed by atoms with van der Waals surface area (Å²) in [6, 6.07) is 0. The van der Waals surface area contributed by atoms with Crippen LogP contribution in [0.5, 0.6) is 0 Å². The molecule has 0 aromatic heterocycles. The number of nitrogens with one attached hydrogen (secondary N) is 1. The van der Waals surface area contributed by atoms with Gasteiger partial charge in [0.15, 0.2) is 0 Å². The van der Waals surface area contributed by atoms with Crippen molar-refractivity contribution in [1.29, 1.82) is 0 Å². The minimum atomic E-state index is -3.25. The maximum atomic E-state index is 12.4. The summed E-state index contributed by atoms with van der Waals surface area (Å²) in [6.07, 6.45) is 5.31. The van der Waals surface area contributed by atoms with Crippen LogP contribution in [0.15, 0.2) is 0 Å². The lowest BCUT2D eigenvalue weighted by molar-refractivity contribution is 0.249. The predicted octanol–water partition coefficient (Wildman–Crippen LogP) is 1.67. The van der Waals surface area contributed by atoms with Crippen molar-refractivity contribution in [2.24, 2.45) is 5.92 Å². The molecule has 0 spiro atoms. The molecule has 0 unspecified atom stereocenters. The molecular formula is C14H31N3O2S. The topological polar surface area (TPSA) is 52.7 Å². The highest BCUT2D eigenvalue weighted by Crippen LogP contribution is 2.24. The van der Waals surface area contributed by atoms with E-state index in [9.17, 15) is 8.42 Å². The first-order chi connectivity index (χ1) is 9.52. The minimum absolute atomic E-state index is 0.588. The van der Waals surface area contributed by atoms with Crippen LogP contribution >= 0.6 is 0 Å². The predicted molar refractivity (Wildman–Crippen MR) is 83.9 cm³/mol. The summed E-state index contributed by atoms with van der Waals surface area (Å²) >= 11 is 0. The molecule has 120 valence electrons. The standard InChI is InChI=1S/C14H31N3O2S/c1-4-7-14-8-12-17(13-9-14)20(18,19)16(3)11-6-10-15-5-2/h14-15H,4-13H2,1-3H3. The van der Waals surface area contributed by atoms with Crippen molar-refractivity contribution in [3.63, 3.8) is 0 Å². The average Bonchev–Trinajstić information content (AvgIpc) is 2.44. The summed E-state index contributed by atoms with van der Waals surface area (Å²) in [5.74, 6) is 0.713. The first-order valence-corrected chi connectivity index (χ1v) is 9.34. The lowest BCUT2D eigenvalue weighted by atomic mass is 9.94.